The molecular weight excluding hydrogens is 360 g/mol. The van der Waals surface area contributed by atoms with Crippen molar-refractivity contribution < 1.29 is 9.59 Å². The summed E-state index contributed by atoms with van der Waals surface area (Å²) in [5.41, 5.74) is -0.572. The highest BCUT2D eigenvalue weighted by Crippen LogP contribution is 2.22. The summed E-state index contributed by atoms with van der Waals surface area (Å²) in [6.07, 6.45) is 0.973. The number of hydrogen-bond acceptors (Lipinski definition) is 6. The van der Waals surface area contributed by atoms with E-state index in [-0.39, 0.29) is 17.4 Å². The maximum absolute atomic E-state index is 12.4. The van der Waals surface area contributed by atoms with Crippen molar-refractivity contribution in [2.75, 3.05) is 16.4 Å². The van der Waals surface area contributed by atoms with E-state index in [1.165, 1.54) is 30.0 Å². The lowest BCUT2D eigenvalue weighted by molar-refractivity contribution is -0.114. The third-order valence-electron chi connectivity index (χ3n) is 3.11. The third kappa shape index (κ3) is 5.71. The molecule has 7 nitrogen and oxygen atoms in total. The smallest absolute Gasteiger partial charge is 0.277 e. The molecule has 0 saturated heterocycles. The molecule has 25 heavy (non-hydrogen) atoms. The fraction of sp³-hybridized carbons (Fsp3) is 0.375. The van der Waals surface area contributed by atoms with Gasteiger partial charge in [-0.1, -0.05) is 31.7 Å². The van der Waals surface area contributed by atoms with Crippen molar-refractivity contribution in [3.05, 3.63) is 32.7 Å². The number of thioether (sulfide) groups is 1. The summed E-state index contributed by atoms with van der Waals surface area (Å²) in [5, 5.41) is 7.21. The molecule has 2 heterocycles. The SMILES string of the molecule is CC(=O)Nc1nc(SCCC(C)C)[nH]c(=O)c1NC(=O)c1cccs1. The van der Waals surface area contributed by atoms with Crippen LogP contribution >= 0.6 is 23.1 Å². The minimum absolute atomic E-state index is 0.0493. The van der Waals surface area contributed by atoms with E-state index in [1.54, 1.807) is 17.5 Å². The number of thiophene rings is 1. The van der Waals surface area contributed by atoms with Crippen molar-refractivity contribution in [3.8, 4) is 0 Å². The first-order valence-electron chi connectivity index (χ1n) is 7.76. The first-order chi connectivity index (χ1) is 11.9. The van der Waals surface area contributed by atoms with Gasteiger partial charge in [-0.2, -0.15) is 0 Å². The molecule has 0 saturated carbocycles. The second kappa shape index (κ2) is 8.82. The van der Waals surface area contributed by atoms with Crippen molar-refractivity contribution in [3.63, 3.8) is 0 Å². The highest BCUT2D eigenvalue weighted by molar-refractivity contribution is 7.99. The van der Waals surface area contributed by atoms with Gasteiger partial charge in [0, 0.05) is 12.7 Å². The van der Waals surface area contributed by atoms with Gasteiger partial charge in [0.05, 0.1) is 4.88 Å². The Hall–Kier alpha value is -2.13. The molecule has 0 aromatic carbocycles. The van der Waals surface area contributed by atoms with Gasteiger partial charge >= 0.3 is 0 Å². The van der Waals surface area contributed by atoms with Gasteiger partial charge in [0.1, 0.15) is 0 Å². The number of nitrogens with zero attached hydrogens (tertiary/aromatic N) is 1. The van der Waals surface area contributed by atoms with Crippen LogP contribution in [0.3, 0.4) is 0 Å². The molecule has 2 aromatic rings. The van der Waals surface area contributed by atoms with E-state index in [0.29, 0.717) is 16.0 Å². The Kier molecular flexibility index (Phi) is 6.77. The normalized spacial score (nSPS) is 10.7. The molecule has 0 atom stereocenters. The van der Waals surface area contributed by atoms with Crippen LogP contribution in [0.1, 0.15) is 36.9 Å². The molecule has 0 aliphatic carbocycles. The molecule has 134 valence electrons. The lowest BCUT2D eigenvalue weighted by Gasteiger charge is -2.11. The molecule has 0 spiro atoms. The number of aromatic amines is 1. The molecule has 9 heteroatoms. The highest BCUT2D eigenvalue weighted by atomic mass is 32.2. The fourth-order valence-corrected chi connectivity index (χ4v) is 3.59. The molecule has 2 rings (SSSR count). The Labute approximate surface area is 153 Å². The summed E-state index contributed by atoms with van der Waals surface area (Å²) in [6, 6.07) is 3.39. The number of H-pyrrole nitrogens is 1. The number of nitrogens with one attached hydrogen (secondary N) is 3. The van der Waals surface area contributed by atoms with E-state index in [1.807, 2.05) is 0 Å². The van der Waals surface area contributed by atoms with E-state index < -0.39 is 11.5 Å². The summed E-state index contributed by atoms with van der Waals surface area (Å²) in [7, 11) is 0. The molecule has 2 aromatic heterocycles. The Morgan fingerprint density at radius 2 is 2.12 bits per heavy atom. The maximum Gasteiger partial charge on any atom is 0.277 e. The summed E-state index contributed by atoms with van der Waals surface area (Å²) in [6.45, 7) is 5.55. The number of carbonyl (C=O) groups excluding carboxylic acids is 2. The van der Waals surface area contributed by atoms with E-state index >= 15 is 0 Å². The molecule has 3 N–H and O–H groups in total. The van der Waals surface area contributed by atoms with Crippen LogP contribution in [0.15, 0.2) is 27.5 Å². The first kappa shape index (κ1) is 19.2. The zero-order valence-corrected chi connectivity index (χ0v) is 15.8. The number of amides is 2. The predicted molar refractivity (Wildman–Crippen MR) is 102 cm³/mol. The van der Waals surface area contributed by atoms with Crippen LogP contribution in [0.5, 0.6) is 0 Å². The van der Waals surface area contributed by atoms with Crippen molar-refractivity contribution >= 4 is 46.4 Å². The van der Waals surface area contributed by atoms with E-state index in [9.17, 15) is 14.4 Å². The number of aromatic nitrogens is 2. The lowest BCUT2D eigenvalue weighted by atomic mass is 10.2. The van der Waals surface area contributed by atoms with Crippen LogP contribution in [0.2, 0.25) is 0 Å². The molecule has 0 unspecified atom stereocenters. The van der Waals surface area contributed by atoms with Gasteiger partial charge in [-0.3, -0.25) is 19.4 Å². The Balaban J connectivity index is 2.26. The molecule has 0 radical (unpaired) electrons. The predicted octanol–water partition coefficient (Wildman–Crippen LogP) is 3.18. The first-order valence-corrected chi connectivity index (χ1v) is 9.63. The second-order valence-corrected chi connectivity index (χ2v) is 7.77. The maximum atomic E-state index is 12.4. The molecule has 2 amide bonds. The standard InChI is InChI=1S/C16H20N4O3S2/c1-9(2)6-8-25-16-19-13(17-10(3)21)12(15(23)20-16)18-14(22)11-5-4-7-24-11/h4-5,7,9H,6,8H2,1-3H3,(H,18,22)(H2,17,19,20,21,23). The van der Waals surface area contributed by atoms with Crippen molar-refractivity contribution in [2.24, 2.45) is 5.92 Å². The second-order valence-electron chi connectivity index (χ2n) is 5.74. The van der Waals surface area contributed by atoms with Crippen LogP contribution < -0.4 is 16.2 Å². The van der Waals surface area contributed by atoms with Crippen molar-refractivity contribution in [1.82, 2.24) is 9.97 Å². The summed E-state index contributed by atoms with van der Waals surface area (Å²) < 4.78 is 0. The Morgan fingerprint density at radius 1 is 1.36 bits per heavy atom. The lowest BCUT2D eigenvalue weighted by Crippen LogP contribution is -2.24. The van der Waals surface area contributed by atoms with Crippen LogP contribution in [0.4, 0.5) is 11.5 Å². The minimum Gasteiger partial charge on any atom is -0.314 e. The quantitative estimate of drug-likeness (QED) is 0.505. The third-order valence-corrected chi connectivity index (χ3v) is 4.88. The molecule has 0 aliphatic heterocycles. The van der Waals surface area contributed by atoms with E-state index in [0.717, 1.165) is 12.2 Å². The van der Waals surface area contributed by atoms with Gasteiger partial charge in [0.2, 0.25) is 5.91 Å². The van der Waals surface area contributed by atoms with Crippen molar-refractivity contribution in [2.45, 2.75) is 32.3 Å². The number of anilines is 2. The van der Waals surface area contributed by atoms with Gasteiger partial charge in [-0.05, 0) is 23.8 Å². The van der Waals surface area contributed by atoms with Gasteiger partial charge < -0.3 is 10.6 Å². The summed E-state index contributed by atoms with van der Waals surface area (Å²) in [5.74, 6) is 0.588. The minimum atomic E-state index is -0.504. The van der Waals surface area contributed by atoms with Crippen LogP contribution in [0.25, 0.3) is 0 Å². The number of rotatable bonds is 7. The molecule has 0 aliphatic rings. The molecule has 0 fully saturated rings. The van der Waals surface area contributed by atoms with Crippen LogP contribution in [0, 0.1) is 5.92 Å². The Morgan fingerprint density at radius 3 is 2.72 bits per heavy atom. The van der Waals surface area contributed by atoms with Gasteiger partial charge in [0.25, 0.3) is 11.5 Å². The zero-order chi connectivity index (χ0) is 18.4. The van der Waals surface area contributed by atoms with Gasteiger partial charge in [0.15, 0.2) is 16.7 Å². The fourth-order valence-electron chi connectivity index (χ4n) is 1.87. The van der Waals surface area contributed by atoms with E-state index in [4.69, 9.17) is 0 Å². The highest BCUT2D eigenvalue weighted by Gasteiger charge is 2.17. The van der Waals surface area contributed by atoms with Crippen molar-refractivity contribution in [1.29, 1.82) is 0 Å². The number of hydrogen-bond donors (Lipinski definition) is 3. The summed E-state index contributed by atoms with van der Waals surface area (Å²) >= 11 is 2.66. The number of carbonyl (C=O) groups is 2. The zero-order valence-electron chi connectivity index (χ0n) is 14.2. The topological polar surface area (TPSA) is 104 Å². The largest absolute Gasteiger partial charge is 0.314 e. The summed E-state index contributed by atoms with van der Waals surface area (Å²) in [4.78, 5) is 43.4. The Bertz CT molecular complexity index is 800. The average Bonchev–Trinajstić information content (AvgIpc) is 3.04. The van der Waals surface area contributed by atoms with Crippen LogP contribution in [-0.4, -0.2) is 27.5 Å². The van der Waals surface area contributed by atoms with Gasteiger partial charge in [-0.15, -0.1) is 11.3 Å². The monoisotopic (exact) mass is 380 g/mol. The average molecular weight is 380 g/mol. The van der Waals surface area contributed by atoms with Crippen LogP contribution in [-0.2, 0) is 4.79 Å². The van der Waals surface area contributed by atoms with E-state index in [2.05, 4.69) is 34.4 Å². The molecular formula is C16H20N4O3S2. The molecule has 0 bridgehead atoms. The van der Waals surface area contributed by atoms with Gasteiger partial charge in [-0.25, -0.2) is 4.98 Å².